The van der Waals surface area contributed by atoms with E-state index >= 15 is 0 Å². The van der Waals surface area contributed by atoms with Crippen LogP contribution in [-0.2, 0) is 6.42 Å². The molecule has 0 aliphatic heterocycles. The Morgan fingerprint density at radius 3 is 2.92 bits per heavy atom. The van der Waals surface area contributed by atoms with Crippen molar-refractivity contribution >= 4 is 0 Å². The molecular formula is C9H15N3. The first kappa shape index (κ1) is 9.13. The van der Waals surface area contributed by atoms with Crippen LogP contribution in [0.2, 0.25) is 0 Å². The lowest BCUT2D eigenvalue weighted by atomic mass is 10.2. The Kier molecular flexibility index (Phi) is 3.67. The summed E-state index contributed by atoms with van der Waals surface area (Å²) in [6, 6.07) is 0.478. The minimum absolute atomic E-state index is 0.478. The van der Waals surface area contributed by atoms with E-state index in [1.165, 1.54) is 0 Å². The van der Waals surface area contributed by atoms with Gasteiger partial charge in [0, 0.05) is 31.1 Å². The standard InChI is InChI=1S/C9H15N3/c1-3-11-8(2)6-9-7-10-4-5-12-9/h4-5,7-8,11H,3,6H2,1-2H3/t8-/m1/s1. The SMILES string of the molecule is CCN[C@H](C)Cc1cnccn1. The highest BCUT2D eigenvalue weighted by molar-refractivity contribution is 4.96. The Morgan fingerprint density at radius 2 is 2.33 bits per heavy atom. The fraction of sp³-hybridized carbons (Fsp3) is 0.556. The van der Waals surface area contributed by atoms with E-state index < -0.39 is 0 Å². The molecule has 1 aromatic rings. The number of hydrogen-bond acceptors (Lipinski definition) is 3. The molecule has 3 nitrogen and oxygen atoms in total. The van der Waals surface area contributed by atoms with E-state index in [1.54, 1.807) is 12.4 Å². The second kappa shape index (κ2) is 4.83. The Hall–Kier alpha value is -0.960. The van der Waals surface area contributed by atoms with Gasteiger partial charge in [0.2, 0.25) is 0 Å². The van der Waals surface area contributed by atoms with Gasteiger partial charge in [0.05, 0.1) is 5.69 Å². The monoisotopic (exact) mass is 165 g/mol. The van der Waals surface area contributed by atoms with Crippen molar-refractivity contribution < 1.29 is 0 Å². The smallest absolute Gasteiger partial charge is 0.0602 e. The fourth-order valence-electron chi connectivity index (χ4n) is 1.17. The van der Waals surface area contributed by atoms with Crippen molar-refractivity contribution in [3.63, 3.8) is 0 Å². The Balaban J connectivity index is 2.41. The lowest BCUT2D eigenvalue weighted by molar-refractivity contribution is 0.558. The van der Waals surface area contributed by atoms with Gasteiger partial charge in [0.15, 0.2) is 0 Å². The molecule has 12 heavy (non-hydrogen) atoms. The van der Waals surface area contributed by atoms with Gasteiger partial charge in [-0.15, -0.1) is 0 Å². The summed E-state index contributed by atoms with van der Waals surface area (Å²) >= 11 is 0. The predicted molar refractivity (Wildman–Crippen MR) is 48.9 cm³/mol. The van der Waals surface area contributed by atoms with Crippen LogP contribution in [0, 0.1) is 0 Å². The van der Waals surface area contributed by atoms with Gasteiger partial charge in [-0.25, -0.2) is 0 Å². The summed E-state index contributed by atoms with van der Waals surface area (Å²) < 4.78 is 0. The molecule has 0 fully saturated rings. The molecule has 0 saturated heterocycles. The summed E-state index contributed by atoms with van der Waals surface area (Å²) in [6.45, 7) is 5.26. The Morgan fingerprint density at radius 1 is 1.50 bits per heavy atom. The second-order valence-electron chi connectivity index (χ2n) is 2.86. The highest BCUT2D eigenvalue weighted by atomic mass is 14.9. The summed E-state index contributed by atoms with van der Waals surface area (Å²) in [5.41, 5.74) is 1.05. The molecular weight excluding hydrogens is 150 g/mol. The van der Waals surface area contributed by atoms with Gasteiger partial charge < -0.3 is 5.32 Å². The quantitative estimate of drug-likeness (QED) is 0.723. The van der Waals surface area contributed by atoms with Crippen LogP contribution in [0.1, 0.15) is 19.5 Å². The highest BCUT2D eigenvalue weighted by Gasteiger charge is 2.01. The summed E-state index contributed by atoms with van der Waals surface area (Å²) in [7, 11) is 0. The first-order valence-electron chi connectivity index (χ1n) is 4.31. The molecule has 0 spiro atoms. The zero-order valence-corrected chi connectivity index (χ0v) is 7.62. The van der Waals surface area contributed by atoms with Gasteiger partial charge >= 0.3 is 0 Å². The van der Waals surface area contributed by atoms with Crippen molar-refractivity contribution in [3.05, 3.63) is 24.3 Å². The Bertz CT molecular complexity index is 210. The van der Waals surface area contributed by atoms with Crippen LogP contribution in [0.25, 0.3) is 0 Å². The second-order valence-corrected chi connectivity index (χ2v) is 2.86. The molecule has 0 unspecified atom stereocenters. The minimum Gasteiger partial charge on any atom is -0.314 e. The molecule has 1 rings (SSSR count). The van der Waals surface area contributed by atoms with Crippen molar-refractivity contribution in [3.8, 4) is 0 Å². The summed E-state index contributed by atoms with van der Waals surface area (Å²) in [6.07, 6.45) is 6.19. The van der Waals surface area contributed by atoms with Crippen molar-refractivity contribution in [1.82, 2.24) is 15.3 Å². The molecule has 1 atom stereocenters. The zero-order valence-electron chi connectivity index (χ0n) is 7.62. The maximum Gasteiger partial charge on any atom is 0.0602 e. The maximum atomic E-state index is 4.20. The molecule has 0 aromatic carbocycles. The van der Waals surface area contributed by atoms with Gasteiger partial charge in [-0.1, -0.05) is 6.92 Å². The van der Waals surface area contributed by atoms with Crippen LogP contribution >= 0.6 is 0 Å². The molecule has 1 heterocycles. The summed E-state index contributed by atoms with van der Waals surface area (Å²) in [5, 5.41) is 3.33. The first-order chi connectivity index (χ1) is 5.83. The van der Waals surface area contributed by atoms with E-state index in [4.69, 9.17) is 0 Å². The van der Waals surface area contributed by atoms with Crippen LogP contribution in [0.3, 0.4) is 0 Å². The van der Waals surface area contributed by atoms with Crippen molar-refractivity contribution in [2.45, 2.75) is 26.3 Å². The van der Waals surface area contributed by atoms with E-state index in [9.17, 15) is 0 Å². The van der Waals surface area contributed by atoms with Gasteiger partial charge in [-0.3, -0.25) is 9.97 Å². The largest absolute Gasteiger partial charge is 0.314 e. The maximum absolute atomic E-state index is 4.20. The number of aromatic nitrogens is 2. The van der Waals surface area contributed by atoms with E-state index in [0.717, 1.165) is 18.7 Å². The Labute approximate surface area is 73.2 Å². The lowest BCUT2D eigenvalue weighted by Gasteiger charge is -2.10. The average molecular weight is 165 g/mol. The van der Waals surface area contributed by atoms with Gasteiger partial charge in [-0.05, 0) is 13.5 Å². The van der Waals surface area contributed by atoms with Crippen molar-refractivity contribution in [2.24, 2.45) is 0 Å². The number of nitrogens with one attached hydrogen (secondary N) is 1. The molecule has 0 aliphatic carbocycles. The summed E-state index contributed by atoms with van der Waals surface area (Å²) in [5.74, 6) is 0. The summed E-state index contributed by atoms with van der Waals surface area (Å²) in [4.78, 5) is 8.21. The molecule has 1 N–H and O–H groups in total. The van der Waals surface area contributed by atoms with Gasteiger partial charge in [-0.2, -0.15) is 0 Å². The average Bonchev–Trinajstić information content (AvgIpc) is 2.06. The molecule has 1 aromatic heterocycles. The number of likely N-dealkylation sites (N-methyl/N-ethyl adjacent to an activating group) is 1. The topological polar surface area (TPSA) is 37.8 Å². The van der Waals surface area contributed by atoms with E-state index in [2.05, 4.69) is 29.1 Å². The zero-order chi connectivity index (χ0) is 8.81. The van der Waals surface area contributed by atoms with Gasteiger partial charge in [0.25, 0.3) is 0 Å². The molecule has 0 aliphatic rings. The molecule has 3 heteroatoms. The van der Waals surface area contributed by atoms with Crippen LogP contribution in [-0.4, -0.2) is 22.6 Å². The predicted octanol–water partition coefficient (Wildman–Crippen LogP) is 1.02. The van der Waals surface area contributed by atoms with Crippen molar-refractivity contribution in [2.75, 3.05) is 6.54 Å². The van der Waals surface area contributed by atoms with Crippen LogP contribution in [0.15, 0.2) is 18.6 Å². The molecule has 0 radical (unpaired) electrons. The lowest BCUT2D eigenvalue weighted by Crippen LogP contribution is -2.27. The fourth-order valence-corrected chi connectivity index (χ4v) is 1.17. The normalized spacial score (nSPS) is 12.8. The third-order valence-electron chi connectivity index (χ3n) is 1.68. The van der Waals surface area contributed by atoms with E-state index in [-0.39, 0.29) is 0 Å². The van der Waals surface area contributed by atoms with Crippen molar-refractivity contribution in [1.29, 1.82) is 0 Å². The van der Waals surface area contributed by atoms with Crippen LogP contribution in [0.4, 0.5) is 0 Å². The number of nitrogens with zero attached hydrogens (tertiary/aromatic N) is 2. The number of rotatable bonds is 4. The van der Waals surface area contributed by atoms with Crippen LogP contribution in [0.5, 0.6) is 0 Å². The molecule has 0 saturated carbocycles. The molecule has 0 bridgehead atoms. The van der Waals surface area contributed by atoms with Crippen LogP contribution < -0.4 is 5.32 Å². The third-order valence-corrected chi connectivity index (χ3v) is 1.68. The molecule has 0 amide bonds. The highest BCUT2D eigenvalue weighted by Crippen LogP contribution is 1.95. The third kappa shape index (κ3) is 2.96. The molecule has 66 valence electrons. The van der Waals surface area contributed by atoms with E-state index in [0.29, 0.717) is 6.04 Å². The van der Waals surface area contributed by atoms with Gasteiger partial charge in [0.1, 0.15) is 0 Å². The first-order valence-corrected chi connectivity index (χ1v) is 4.31. The number of hydrogen-bond donors (Lipinski definition) is 1. The minimum atomic E-state index is 0.478. The van der Waals surface area contributed by atoms with E-state index in [1.807, 2.05) is 6.20 Å².